The number of carboxylic acid groups (broad SMARTS) is 1. The highest BCUT2D eigenvalue weighted by Gasteiger charge is 2.46. The zero-order valence-corrected chi connectivity index (χ0v) is 25.6. The predicted molar refractivity (Wildman–Crippen MR) is 161 cm³/mol. The van der Waals surface area contributed by atoms with Gasteiger partial charge in [0.05, 0.1) is 33.9 Å². The lowest BCUT2D eigenvalue weighted by Crippen LogP contribution is -2.41. The highest BCUT2D eigenvalue weighted by Crippen LogP contribution is 2.43. The molecule has 0 spiro atoms. The van der Waals surface area contributed by atoms with E-state index in [1.54, 1.807) is 36.4 Å². The number of hydrogen-bond acceptors (Lipinski definition) is 8. The quantitative estimate of drug-likeness (QED) is 0.252. The van der Waals surface area contributed by atoms with E-state index in [4.69, 9.17) is 42.5 Å². The first-order chi connectivity index (χ1) is 21.3. The summed E-state index contributed by atoms with van der Waals surface area (Å²) in [7, 11) is 1.33. The van der Waals surface area contributed by atoms with Crippen LogP contribution in [0.5, 0.6) is 11.5 Å². The van der Waals surface area contributed by atoms with Crippen LogP contribution in [-0.2, 0) is 14.3 Å². The van der Waals surface area contributed by atoms with E-state index in [1.165, 1.54) is 32.2 Å². The molecule has 1 aliphatic rings. The lowest BCUT2D eigenvalue weighted by molar-refractivity contribution is -0.141. The van der Waals surface area contributed by atoms with Crippen LogP contribution in [0.15, 0.2) is 69.6 Å². The third-order valence-corrected chi connectivity index (χ3v) is 8.22. The van der Waals surface area contributed by atoms with Crippen molar-refractivity contribution in [1.29, 1.82) is 0 Å². The molecule has 1 atom stereocenters. The van der Waals surface area contributed by atoms with Crippen molar-refractivity contribution in [3.8, 4) is 11.5 Å². The molecular formula is C30H21Cl2F3N2O7S. The molecule has 234 valence electrons. The van der Waals surface area contributed by atoms with E-state index in [2.05, 4.69) is 4.99 Å². The van der Waals surface area contributed by atoms with Crippen LogP contribution in [0.4, 0.5) is 13.2 Å². The van der Waals surface area contributed by atoms with Gasteiger partial charge in [-0.15, -0.1) is 0 Å². The Morgan fingerprint density at radius 3 is 2.44 bits per heavy atom. The fraction of sp³-hybridized carbons (Fsp3) is 0.200. The number of allylic oxidation sites excluding steroid dienone is 1. The number of rotatable bonds is 8. The molecule has 0 aliphatic carbocycles. The Balaban J connectivity index is 1.83. The minimum Gasteiger partial charge on any atom is -0.496 e. The zero-order valence-electron chi connectivity index (χ0n) is 23.3. The van der Waals surface area contributed by atoms with E-state index in [0.29, 0.717) is 22.1 Å². The standard InChI is InChI=1S/C30H21Cl2F3N2O7S/c1-3-43-28(41)23-24(22-16-7-5-4-6-15(16)8-9-19(22)42-2)37-27(40)20(45-29(37)36-26(23)30(33,34)35)12-14-10-17(31)25(18(32)11-14)44-13-21(38)39/h4-12,24H,3,13H2,1-2H3,(H,38,39)/b20-12-/t24-/m0/s1. The number of aliphatic carboxylic acids is 1. The van der Waals surface area contributed by atoms with Crippen molar-refractivity contribution >= 4 is 63.3 Å². The Bertz CT molecular complexity index is 2050. The van der Waals surface area contributed by atoms with Crippen molar-refractivity contribution in [3.63, 3.8) is 0 Å². The van der Waals surface area contributed by atoms with Gasteiger partial charge in [0.15, 0.2) is 22.9 Å². The fourth-order valence-electron chi connectivity index (χ4n) is 4.94. The Hall–Kier alpha value is -4.33. The van der Waals surface area contributed by atoms with Gasteiger partial charge in [0, 0.05) is 5.56 Å². The highest BCUT2D eigenvalue weighted by molar-refractivity contribution is 7.07. The minimum atomic E-state index is -5.10. The van der Waals surface area contributed by atoms with E-state index < -0.39 is 47.6 Å². The number of alkyl halides is 3. The first kappa shape index (κ1) is 32.1. The molecule has 1 N–H and O–H groups in total. The number of carboxylic acids is 1. The molecule has 0 bridgehead atoms. The summed E-state index contributed by atoms with van der Waals surface area (Å²) in [4.78, 5) is 41.7. The van der Waals surface area contributed by atoms with Gasteiger partial charge in [-0.2, -0.15) is 13.2 Å². The number of aromatic nitrogens is 1. The van der Waals surface area contributed by atoms with Crippen LogP contribution in [-0.4, -0.2) is 48.1 Å². The van der Waals surface area contributed by atoms with Crippen molar-refractivity contribution in [1.82, 2.24) is 4.57 Å². The van der Waals surface area contributed by atoms with Gasteiger partial charge in [0.2, 0.25) is 0 Å². The maximum atomic E-state index is 14.6. The van der Waals surface area contributed by atoms with Crippen LogP contribution >= 0.6 is 34.5 Å². The zero-order chi connectivity index (χ0) is 32.6. The lowest BCUT2D eigenvalue weighted by Gasteiger charge is -2.28. The van der Waals surface area contributed by atoms with Crippen molar-refractivity contribution in [2.24, 2.45) is 4.99 Å². The number of ether oxygens (including phenoxy) is 3. The monoisotopic (exact) mass is 680 g/mol. The summed E-state index contributed by atoms with van der Waals surface area (Å²) < 4.78 is 60.5. The summed E-state index contributed by atoms with van der Waals surface area (Å²) in [6, 6.07) is 11.1. The second kappa shape index (κ2) is 12.6. The molecule has 0 amide bonds. The molecule has 1 aromatic heterocycles. The van der Waals surface area contributed by atoms with E-state index in [-0.39, 0.29) is 48.6 Å². The lowest BCUT2D eigenvalue weighted by atomic mass is 9.90. The van der Waals surface area contributed by atoms with Gasteiger partial charge in [-0.3, -0.25) is 9.36 Å². The van der Waals surface area contributed by atoms with Crippen LogP contribution in [0, 0.1) is 0 Å². The van der Waals surface area contributed by atoms with Gasteiger partial charge < -0.3 is 19.3 Å². The van der Waals surface area contributed by atoms with Crippen molar-refractivity contribution in [2.45, 2.75) is 19.1 Å². The molecule has 45 heavy (non-hydrogen) atoms. The molecule has 0 unspecified atom stereocenters. The molecular weight excluding hydrogens is 660 g/mol. The average Bonchev–Trinajstić information content (AvgIpc) is 3.29. The Morgan fingerprint density at radius 1 is 1.13 bits per heavy atom. The maximum Gasteiger partial charge on any atom is 0.434 e. The van der Waals surface area contributed by atoms with Gasteiger partial charge >= 0.3 is 18.1 Å². The molecule has 9 nitrogen and oxygen atoms in total. The molecule has 4 aromatic rings. The topological polar surface area (TPSA) is 116 Å². The largest absolute Gasteiger partial charge is 0.496 e. The van der Waals surface area contributed by atoms with Gasteiger partial charge in [-0.1, -0.05) is 64.9 Å². The molecule has 15 heteroatoms. The van der Waals surface area contributed by atoms with Crippen LogP contribution in [0.1, 0.15) is 24.1 Å². The second-order valence-electron chi connectivity index (χ2n) is 9.46. The van der Waals surface area contributed by atoms with Crippen LogP contribution in [0.25, 0.3) is 16.8 Å². The van der Waals surface area contributed by atoms with E-state index in [0.717, 1.165) is 4.57 Å². The molecule has 1 aliphatic heterocycles. The van der Waals surface area contributed by atoms with E-state index >= 15 is 0 Å². The third-order valence-electron chi connectivity index (χ3n) is 6.68. The Morgan fingerprint density at radius 2 is 1.82 bits per heavy atom. The number of methoxy groups -OCH3 is 1. The number of carbonyl (C=O) groups is 2. The number of benzene rings is 3. The van der Waals surface area contributed by atoms with E-state index in [1.807, 2.05) is 0 Å². The summed E-state index contributed by atoms with van der Waals surface area (Å²) in [6.07, 6.45) is -3.76. The second-order valence-corrected chi connectivity index (χ2v) is 11.3. The van der Waals surface area contributed by atoms with Crippen molar-refractivity contribution in [2.75, 3.05) is 20.3 Å². The fourth-order valence-corrected chi connectivity index (χ4v) is 6.55. The molecule has 0 fully saturated rings. The number of thiazole rings is 1. The number of nitrogens with zero attached hydrogens (tertiary/aromatic N) is 2. The maximum absolute atomic E-state index is 14.6. The predicted octanol–water partition coefficient (Wildman–Crippen LogP) is 5.27. The molecule has 2 heterocycles. The number of halogens is 5. The summed E-state index contributed by atoms with van der Waals surface area (Å²) >= 11 is 13.2. The van der Waals surface area contributed by atoms with Gasteiger partial charge in [-0.25, -0.2) is 14.6 Å². The van der Waals surface area contributed by atoms with Gasteiger partial charge in [0.1, 0.15) is 11.8 Å². The smallest absolute Gasteiger partial charge is 0.434 e. The summed E-state index contributed by atoms with van der Waals surface area (Å²) in [6.45, 7) is 0.507. The van der Waals surface area contributed by atoms with Crippen molar-refractivity contribution < 1.29 is 42.1 Å². The Labute approximate surface area is 266 Å². The summed E-state index contributed by atoms with van der Waals surface area (Å²) in [5.41, 5.74) is -2.74. The first-order valence-electron chi connectivity index (χ1n) is 13.0. The normalized spacial score (nSPS) is 15.1. The molecule has 0 saturated heterocycles. The molecule has 3 aromatic carbocycles. The molecule has 0 saturated carbocycles. The SMILES string of the molecule is CCOC(=O)C1=C(C(F)(F)F)N=c2s/c(=C\c3cc(Cl)c(OCC(=O)O)c(Cl)c3)c(=O)n2[C@H]1c1c(OC)ccc2ccccc12. The number of hydrogen-bond donors (Lipinski definition) is 1. The number of fused-ring (bicyclic) bond motifs is 2. The average molecular weight is 681 g/mol. The van der Waals surface area contributed by atoms with Gasteiger partial charge in [-0.05, 0) is 47.5 Å². The number of esters is 1. The Kier molecular flexibility index (Phi) is 8.97. The molecule has 5 rings (SSSR count). The van der Waals surface area contributed by atoms with E-state index in [9.17, 15) is 27.6 Å². The van der Waals surface area contributed by atoms with Gasteiger partial charge in [0.25, 0.3) is 5.56 Å². The minimum absolute atomic E-state index is 0.0593. The van der Waals surface area contributed by atoms with Crippen LogP contribution < -0.4 is 24.4 Å². The molecule has 0 radical (unpaired) electrons. The third kappa shape index (κ3) is 6.15. The van der Waals surface area contributed by atoms with Crippen LogP contribution in [0.2, 0.25) is 10.0 Å². The van der Waals surface area contributed by atoms with Crippen LogP contribution in [0.3, 0.4) is 0 Å². The first-order valence-corrected chi connectivity index (χ1v) is 14.6. The summed E-state index contributed by atoms with van der Waals surface area (Å²) in [5, 5.41) is 9.83. The summed E-state index contributed by atoms with van der Waals surface area (Å²) in [5.74, 6) is -2.52. The highest BCUT2D eigenvalue weighted by atomic mass is 35.5. The van der Waals surface area contributed by atoms with Crippen molar-refractivity contribution in [3.05, 3.63) is 101 Å². The number of carbonyl (C=O) groups excluding carboxylic acids is 1.